The molecule has 0 spiro atoms. The molecule has 0 bridgehead atoms. The maximum Gasteiger partial charge on any atom is 0.348 e. The largest absolute Gasteiger partial charge is 0.462 e. The molecular weight excluding hydrogens is 334 g/mol. The maximum absolute atomic E-state index is 12.6. The van der Waals surface area contributed by atoms with Gasteiger partial charge in [0.05, 0.1) is 24.9 Å². The third-order valence-corrected chi connectivity index (χ3v) is 4.50. The number of esters is 1. The molecule has 0 aliphatic carbocycles. The highest BCUT2D eigenvalue weighted by atomic mass is 32.1. The molecule has 1 N–H and O–H groups in total. The number of hydrogen-bond donors (Lipinski definition) is 1. The highest BCUT2D eigenvalue weighted by molar-refractivity contribution is 7.20. The van der Waals surface area contributed by atoms with Crippen LogP contribution in [-0.2, 0) is 20.8 Å². The quantitative estimate of drug-likeness (QED) is 0.581. The first kappa shape index (κ1) is 18.1. The minimum atomic E-state index is -0.471. The number of carbonyl (C=O) groups is 2. The number of ether oxygens (including phenoxy) is 2. The van der Waals surface area contributed by atoms with Crippen LogP contribution in [0.5, 0.6) is 0 Å². The van der Waals surface area contributed by atoms with E-state index in [4.69, 9.17) is 9.47 Å². The third-order valence-electron chi connectivity index (χ3n) is 3.32. The number of nitrogens with zero attached hydrogens (tertiary/aromatic N) is 2. The van der Waals surface area contributed by atoms with Crippen molar-refractivity contribution in [3.8, 4) is 0 Å². The molecule has 9 heteroatoms. The van der Waals surface area contributed by atoms with Crippen molar-refractivity contribution < 1.29 is 19.1 Å². The average Bonchev–Trinajstić information content (AvgIpc) is 2.88. The van der Waals surface area contributed by atoms with Crippen LogP contribution in [0.2, 0.25) is 0 Å². The van der Waals surface area contributed by atoms with E-state index in [0.717, 1.165) is 11.3 Å². The molecule has 24 heavy (non-hydrogen) atoms. The topological polar surface area (TPSA) is 99.5 Å². The van der Waals surface area contributed by atoms with Crippen molar-refractivity contribution in [3.63, 3.8) is 0 Å². The van der Waals surface area contributed by atoms with Gasteiger partial charge in [0.2, 0.25) is 5.91 Å². The Morgan fingerprint density at radius 1 is 1.42 bits per heavy atom. The first-order chi connectivity index (χ1) is 11.5. The van der Waals surface area contributed by atoms with Crippen molar-refractivity contribution in [2.75, 3.05) is 26.9 Å². The van der Waals surface area contributed by atoms with Crippen molar-refractivity contribution in [2.24, 2.45) is 0 Å². The molecule has 1 amide bonds. The van der Waals surface area contributed by atoms with Crippen LogP contribution < -0.4 is 10.9 Å². The van der Waals surface area contributed by atoms with Gasteiger partial charge in [0.15, 0.2) is 0 Å². The summed E-state index contributed by atoms with van der Waals surface area (Å²) in [6, 6.07) is 0. The lowest BCUT2D eigenvalue weighted by Gasteiger charge is -2.06. The van der Waals surface area contributed by atoms with Gasteiger partial charge in [-0.25, -0.2) is 9.78 Å². The molecule has 0 aromatic carbocycles. The van der Waals surface area contributed by atoms with Gasteiger partial charge in [0, 0.05) is 13.7 Å². The van der Waals surface area contributed by atoms with E-state index in [1.807, 2.05) is 0 Å². The Bertz CT molecular complexity index is 811. The lowest BCUT2D eigenvalue weighted by molar-refractivity contribution is -0.121. The van der Waals surface area contributed by atoms with Crippen LogP contribution >= 0.6 is 11.3 Å². The summed E-state index contributed by atoms with van der Waals surface area (Å²) in [4.78, 5) is 41.3. The van der Waals surface area contributed by atoms with Gasteiger partial charge in [0.25, 0.3) is 5.56 Å². The van der Waals surface area contributed by atoms with Gasteiger partial charge < -0.3 is 14.8 Å². The van der Waals surface area contributed by atoms with Crippen LogP contribution in [0, 0.1) is 6.92 Å². The molecule has 0 atom stereocenters. The van der Waals surface area contributed by atoms with Crippen molar-refractivity contribution in [1.82, 2.24) is 14.9 Å². The first-order valence-electron chi connectivity index (χ1n) is 7.40. The van der Waals surface area contributed by atoms with E-state index in [2.05, 4.69) is 10.3 Å². The van der Waals surface area contributed by atoms with Crippen LogP contribution in [0.4, 0.5) is 0 Å². The highest BCUT2D eigenvalue weighted by Crippen LogP contribution is 2.27. The number of fused-ring (bicyclic) bond motifs is 1. The normalized spacial score (nSPS) is 10.8. The SMILES string of the molecule is CCOC(=O)c1sc2ncn(CC(=O)NCCOC)c(=O)c2c1C. The van der Waals surface area contributed by atoms with Crippen molar-refractivity contribution in [2.45, 2.75) is 20.4 Å². The summed E-state index contributed by atoms with van der Waals surface area (Å²) in [5, 5.41) is 2.98. The summed E-state index contributed by atoms with van der Waals surface area (Å²) in [6.45, 7) is 4.27. The molecular formula is C15H19N3O5S. The van der Waals surface area contributed by atoms with E-state index in [9.17, 15) is 14.4 Å². The smallest absolute Gasteiger partial charge is 0.348 e. The summed E-state index contributed by atoms with van der Waals surface area (Å²) < 4.78 is 11.1. The Hall–Kier alpha value is -2.26. The molecule has 8 nitrogen and oxygen atoms in total. The fraction of sp³-hybridized carbons (Fsp3) is 0.467. The first-order valence-corrected chi connectivity index (χ1v) is 8.22. The molecule has 0 aliphatic heterocycles. The lowest BCUT2D eigenvalue weighted by Crippen LogP contribution is -2.34. The number of amides is 1. The van der Waals surface area contributed by atoms with Gasteiger partial charge in [-0.15, -0.1) is 11.3 Å². The number of aryl methyl sites for hydroxylation is 1. The number of thiophene rings is 1. The zero-order chi connectivity index (χ0) is 17.7. The summed E-state index contributed by atoms with van der Waals surface area (Å²) in [5.41, 5.74) is 0.172. The average molecular weight is 353 g/mol. The number of rotatable bonds is 7. The maximum atomic E-state index is 12.6. The van der Waals surface area contributed by atoms with E-state index in [-0.39, 0.29) is 24.6 Å². The third kappa shape index (κ3) is 3.80. The second-order valence-corrected chi connectivity index (χ2v) is 5.98. The fourth-order valence-corrected chi connectivity index (χ4v) is 3.20. The van der Waals surface area contributed by atoms with Crippen molar-refractivity contribution >= 4 is 33.4 Å². The lowest BCUT2D eigenvalue weighted by atomic mass is 10.2. The van der Waals surface area contributed by atoms with Gasteiger partial charge in [-0.1, -0.05) is 0 Å². The number of aromatic nitrogens is 2. The molecule has 130 valence electrons. The molecule has 0 unspecified atom stereocenters. The van der Waals surface area contributed by atoms with Crippen LogP contribution in [-0.4, -0.2) is 48.3 Å². The van der Waals surface area contributed by atoms with Gasteiger partial charge >= 0.3 is 5.97 Å². The molecule has 0 saturated carbocycles. The van der Waals surface area contributed by atoms with Gasteiger partial charge in [-0.05, 0) is 19.4 Å². The summed E-state index contributed by atoms with van der Waals surface area (Å²) >= 11 is 1.11. The predicted molar refractivity (Wildman–Crippen MR) is 89.5 cm³/mol. The summed E-state index contributed by atoms with van der Waals surface area (Å²) in [6.07, 6.45) is 1.31. The summed E-state index contributed by atoms with van der Waals surface area (Å²) in [5.74, 6) is -0.782. The number of carbonyl (C=O) groups excluding carboxylic acids is 2. The van der Waals surface area contributed by atoms with Crippen LogP contribution in [0.3, 0.4) is 0 Å². The monoisotopic (exact) mass is 353 g/mol. The van der Waals surface area contributed by atoms with Gasteiger partial charge in [-0.2, -0.15) is 0 Å². The fourth-order valence-electron chi connectivity index (χ4n) is 2.17. The summed E-state index contributed by atoms with van der Waals surface area (Å²) in [7, 11) is 1.54. The Labute approximate surface area is 142 Å². The Morgan fingerprint density at radius 2 is 2.17 bits per heavy atom. The second kappa shape index (κ2) is 8.02. The molecule has 2 aromatic heterocycles. The van der Waals surface area contributed by atoms with Gasteiger partial charge in [0.1, 0.15) is 16.3 Å². The minimum Gasteiger partial charge on any atom is -0.462 e. The van der Waals surface area contributed by atoms with E-state index < -0.39 is 5.97 Å². The molecule has 0 fully saturated rings. The Kier molecular flexibility index (Phi) is 6.04. The van der Waals surface area contributed by atoms with Crippen LogP contribution in [0.1, 0.15) is 22.2 Å². The Morgan fingerprint density at radius 3 is 2.83 bits per heavy atom. The van der Waals surface area contributed by atoms with E-state index in [0.29, 0.717) is 33.8 Å². The molecule has 0 aliphatic rings. The molecule has 2 heterocycles. The van der Waals surface area contributed by atoms with E-state index >= 15 is 0 Å². The van der Waals surface area contributed by atoms with E-state index in [1.54, 1.807) is 13.8 Å². The number of hydrogen-bond acceptors (Lipinski definition) is 7. The zero-order valence-corrected chi connectivity index (χ0v) is 14.6. The second-order valence-electron chi connectivity index (χ2n) is 4.98. The van der Waals surface area contributed by atoms with Crippen molar-refractivity contribution in [1.29, 1.82) is 0 Å². The molecule has 0 radical (unpaired) electrons. The molecule has 0 saturated heterocycles. The van der Waals surface area contributed by atoms with Crippen LogP contribution in [0.25, 0.3) is 10.2 Å². The highest BCUT2D eigenvalue weighted by Gasteiger charge is 2.20. The number of nitrogens with one attached hydrogen (secondary N) is 1. The predicted octanol–water partition coefficient (Wildman–Crippen LogP) is 0.706. The van der Waals surface area contributed by atoms with Crippen LogP contribution in [0.15, 0.2) is 11.1 Å². The van der Waals surface area contributed by atoms with Crippen molar-refractivity contribution in [3.05, 3.63) is 27.1 Å². The Balaban J connectivity index is 2.30. The number of methoxy groups -OCH3 is 1. The zero-order valence-electron chi connectivity index (χ0n) is 13.7. The molecule has 2 aromatic rings. The minimum absolute atomic E-state index is 0.143. The molecule has 2 rings (SSSR count). The standard InChI is InChI=1S/C15H19N3O5S/c1-4-23-15(21)12-9(2)11-13(24-12)17-8-18(14(11)20)7-10(19)16-5-6-22-3/h8H,4-7H2,1-3H3,(H,16,19). The van der Waals surface area contributed by atoms with E-state index in [1.165, 1.54) is 18.0 Å². The van der Waals surface area contributed by atoms with Gasteiger partial charge in [-0.3, -0.25) is 14.2 Å².